The zero-order chi connectivity index (χ0) is 39.1. The minimum Gasteiger partial charge on any atom is -0.500 e. The molecule has 0 aliphatic rings. The maximum Gasteiger partial charge on any atom is 0.348 e. The summed E-state index contributed by atoms with van der Waals surface area (Å²) in [6, 6.07) is 12.5. The summed E-state index contributed by atoms with van der Waals surface area (Å²) in [5.74, 6) is 0.154. The molecule has 0 heterocycles. The molecule has 0 radical (unpaired) electrons. The summed E-state index contributed by atoms with van der Waals surface area (Å²) < 4.78 is 30.1. The van der Waals surface area contributed by atoms with Gasteiger partial charge >= 0.3 is 5.97 Å². The number of ether oxygens (including phenoxy) is 3. The molecule has 1 unspecified atom stereocenters. The first-order chi connectivity index (χ1) is 23.7. The van der Waals surface area contributed by atoms with E-state index in [4.69, 9.17) is 14.2 Å². The van der Waals surface area contributed by atoms with Gasteiger partial charge in [0.15, 0.2) is 0 Å². The van der Waals surface area contributed by atoms with Crippen LogP contribution in [-0.2, 0) is 16.0 Å². The van der Waals surface area contributed by atoms with Crippen molar-refractivity contribution in [2.75, 3.05) is 13.7 Å². The highest BCUT2D eigenvalue weighted by Crippen LogP contribution is 2.25. The number of halogens is 1. The average Bonchev–Trinajstić information content (AvgIpc) is 3.10. The molecule has 0 amide bonds. The van der Waals surface area contributed by atoms with E-state index in [0.29, 0.717) is 18.8 Å². The van der Waals surface area contributed by atoms with Crippen molar-refractivity contribution >= 4 is 12.2 Å². The van der Waals surface area contributed by atoms with Crippen LogP contribution < -0.4 is 9.47 Å². The van der Waals surface area contributed by atoms with E-state index in [2.05, 4.69) is 51.4 Å². The molecule has 2 aromatic carbocycles. The zero-order valence-corrected chi connectivity index (χ0v) is 32.3. The van der Waals surface area contributed by atoms with Crippen LogP contribution in [-0.4, -0.2) is 36.6 Å². The number of carboxylic acid groups (broad SMARTS) is 1. The van der Waals surface area contributed by atoms with Crippen LogP contribution in [0.15, 0.2) is 114 Å². The number of hydrogen-bond acceptors (Lipinski definition) is 5. The SMILES string of the molecule is C#C.C/C=C(/C=N/C(CCOc1ccc(CC(C)(Oc2ccc(F)cc2)C(=O)O)cc1)=C(/C)OC)CC.C=C(C)CC(=C)C.C=CCC.CC. The number of benzene rings is 2. The second-order valence-electron chi connectivity index (χ2n) is 11.0. The van der Waals surface area contributed by atoms with E-state index >= 15 is 0 Å². The van der Waals surface area contributed by atoms with Gasteiger partial charge in [-0.25, -0.2) is 9.18 Å². The standard InChI is InChI=1S/C28H34FNO5.C7H12.C4H8.C2H6.C2H2/c1-6-21(7-2)19-30-26(20(3)33-5)16-17-34-24-12-8-22(9-13-24)18-28(4,27(31)32)35-25-14-10-23(29)11-15-25;1-6(2)5-7(3)4;1-3-4-2;2*1-2/h6,8-15,19H,7,16-18H2,1-5H3,(H,31,32);1,3,5H2,2,4H3;3H,1,4H2,2H3;1-2H3;1-2H/b21-6+,26-20-,30-19+;;;;. The molecular weight excluding hydrogens is 629 g/mol. The third-order valence-corrected chi connectivity index (χ3v) is 6.45. The monoisotopic (exact) mass is 691 g/mol. The predicted octanol–water partition coefficient (Wildman–Crippen LogP) is 11.8. The minimum atomic E-state index is -1.51. The third-order valence-electron chi connectivity index (χ3n) is 6.45. The Morgan fingerprint density at radius 1 is 0.980 bits per heavy atom. The van der Waals surface area contributed by atoms with E-state index in [1.807, 2.05) is 59.9 Å². The summed E-state index contributed by atoms with van der Waals surface area (Å²) in [6.07, 6.45) is 17.4. The lowest BCUT2D eigenvalue weighted by Crippen LogP contribution is -2.43. The van der Waals surface area contributed by atoms with Crippen LogP contribution in [0, 0.1) is 18.7 Å². The molecule has 7 heteroatoms. The Labute approximate surface area is 303 Å². The Balaban J connectivity index is -0.00000124. The van der Waals surface area contributed by atoms with E-state index in [-0.39, 0.29) is 12.2 Å². The number of carboxylic acids is 1. The summed E-state index contributed by atoms with van der Waals surface area (Å²) in [6.45, 7) is 28.9. The van der Waals surface area contributed by atoms with Gasteiger partial charge in [0.1, 0.15) is 23.1 Å². The van der Waals surface area contributed by atoms with Gasteiger partial charge < -0.3 is 19.3 Å². The maximum absolute atomic E-state index is 13.2. The molecule has 50 heavy (non-hydrogen) atoms. The topological polar surface area (TPSA) is 77.4 Å². The Kier molecular flexibility index (Phi) is 30.0. The lowest BCUT2D eigenvalue weighted by Gasteiger charge is -2.26. The van der Waals surface area contributed by atoms with Gasteiger partial charge in [-0.05, 0) is 101 Å². The highest BCUT2D eigenvalue weighted by atomic mass is 19.1. The molecule has 0 saturated heterocycles. The fraction of sp³-hybridized carbons (Fsp3) is 0.395. The molecule has 276 valence electrons. The van der Waals surface area contributed by atoms with Gasteiger partial charge in [0, 0.05) is 19.1 Å². The van der Waals surface area contributed by atoms with Crippen LogP contribution >= 0.6 is 0 Å². The van der Waals surface area contributed by atoms with E-state index in [9.17, 15) is 14.3 Å². The summed E-state index contributed by atoms with van der Waals surface area (Å²) in [7, 11) is 1.62. The molecule has 6 nitrogen and oxygen atoms in total. The first-order valence-electron chi connectivity index (χ1n) is 16.8. The summed E-state index contributed by atoms with van der Waals surface area (Å²) in [4.78, 5) is 16.5. The lowest BCUT2D eigenvalue weighted by atomic mass is 9.96. The van der Waals surface area contributed by atoms with Crippen LogP contribution in [0.4, 0.5) is 4.39 Å². The van der Waals surface area contributed by atoms with Crippen molar-refractivity contribution in [2.24, 2.45) is 4.99 Å². The van der Waals surface area contributed by atoms with E-state index in [1.165, 1.54) is 42.3 Å². The number of rotatable bonds is 16. The quantitative estimate of drug-likeness (QED) is 0.0820. The molecule has 0 spiro atoms. The van der Waals surface area contributed by atoms with Crippen LogP contribution in [0.3, 0.4) is 0 Å². The summed E-state index contributed by atoms with van der Waals surface area (Å²) in [5.41, 5.74) is 3.58. The number of methoxy groups -OCH3 is 1. The van der Waals surface area contributed by atoms with Crippen LogP contribution in [0.1, 0.15) is 93.6 Å². The predicted molar refractivity (Wildman–Crippen MR) is 212 cm³/mol. The summed E-state index contributed by atoms with van der Waals surface area (Å²) >= 11 is 0. The minimum absolute atomic E-state index is 0.124. The van der Waals surface area contributed by atoms with Crippen molar-refractivity contribution in [2.45, 2.75) is 100 Å². The maximum atomic E-state index is 13.2. The molecule has 0 aliphatic carbocycles. The third kappa shape index (κ3) is 23.5. The van der Waals surface area contributed by atoms with Gasteiger partial charge in [0.25, 0.3) is 0 Å². The molecule has 0 bridgehead atoms. The van der Waals surface area contributed by atoms with Crippen molar-refractivity contribution in [3.05, 3.63) is 120 Å². The van der Waals surface area contributed by atoms with Crippen molar-refractivity contribution < 1.29 is 28.5 Å². The molecule has 2 rings (SSSR count). The Morgan fingerprint density at radius 2 is 1.48 bits per heavy atom. The van der Waals surface area contributed by atoms with Crippen LogP contribution in [0.25, 0.3) is 0 Å². The largest absolute Gasteiger partial charge is 0.500 e. The first kappa shape index (κ1) is 49.6. The molecule has 1 atom stereocenters. The fourth-order valence-electron chi connectivity index (χ4n) is 3.77. The van der Waals surface area contributed by atoms with Gasteiger partial charge in [0.2, 0.25) is 5.60 Å². The highest BCUT2D eigenvalue weighted by Gasteiger charge is 2.36. The molecule has 2 aromatic rings. The normalized spacial score (nSPS) is 11.8. The Bertz CT molecular complexity index is 1360. The van der Waals surface area contributed by atoms with Crippen molar-refractivity contribution in [3.63, 3.8) is 0 Å². The number of hydrogen-bond donors (Lipinski definition) is 1. The van der Waals surface area contributed by atoms with Crippen molar-refractivity contribution in [1.82, 2.24) is 0 Å². The van der Waals surface area contributed by atoms with Gasteiger partial charge in [0.05, 0.1) is 19.4 Å². The van der Waals surface area contributed by atoms with Crippen LogP contribution in [0.2, 0.25) is 0 Å². The molecule has 0 aromatic heterocycles. The summed E-state index contributed by atoms with van der Waals surface area (Å²) in [5, 5.41) is 9.75. The molecule has 0 saturated carbocycles. The molecular formula is C43H62FNO5. The smallest absolute Gasteiger partial charge is 0.348 e. The van der Waals surface area contributed by atoms with E-state index in [1.54, 1.807) is 31.4 Å². The highest BCUT2D eigenvalue weighted by molar-refractivity contribution is 5.79. The number of carbonyl (C=O) groups is 1. The Morgan fingerprint density at radius 3 is 1.86 bits per heavy atom. The Hall–Kier alpha value is -4.83. The van der Waals surface area contributed by atoms with Crippen molar-refractivity contribution in [1.29, 1.82) is 0 Å². The molecule has 0 aliphatic heterocycles. The molecule has 0 fully saturated rings. The van der Waals surface area contributed by atoms with Crippen LogP contribution in [0.5, 0.6) is 11.5 Å². The van der Waals surface area contributed by atoms with E-state index in [0.717, 1.165) is 41.9 Å². The lowest BCUT2D eigenvalue weighted by molar-refractivity contribution is -0.153. The zero-order valence-electron chi connectivity index (χ0n) is 32.3. The van der Waals surface area contributed by atoms with Crippen molar-refractivity contribution in [3.8, 4) is 24.3 Å². The van der Waals surface area contributed by atoms with Gasteiger partial charge in [-0.3, -0.25) is 4.99 Å². The van der Waals surface area contributed by atoms with Gasteiger partial charge in [-0.15, -0.1) is 19.4 Å². The fourth-order valence-corrected chi connectivity index (χ4v) is 3.77. The second-order valence-corrected chi connectivity index (χ2v) is 11.0. The molecule has 1 N–H and O–H groups in total. The van der Waals surface area contributed by atoms with Gasteiger partial charge in [-0.2, -0.15) is 0 Å². The average molecular weight is 692 g/mol. The number of aliphatic imine (C=N–C) groups is 1. The second kappa shape index (κ2) is 30.2. The van der Waals surface area contributed by atoms with Gasteiger partial charge in [-0.1, -0.05) is 76.3 Å². The number of nitrogens with zero attached hydrogens (tertiary/aromatic N) is 1. The first-order valence-corrected chi connectivity index (χ1v) is 16.8. The number of aliphatic carboxylic acids is 1. The number of allylic oxidation sites excluding steroid dienone is 6. The number of terminal acetylenes is 1. The van der Waals surface area contributed by atoms with E-state index < -0.39 is 17.4 Å².